The molecule has 0 fully saturated rings. The normalized spacial score (nSPS) is 18.5. The number of fused-ring (bicyclic) bond motifs is 9. The van der Waals surface area contributed by atoms with Crippen molar-refractivity contribution in [1.29, 1.82) is 5.26 Å². The minimum atomic E-state index is 0.124. The Morgan fingerprint density at radius 1 is 0.723 bits per heavy atom. The van der Waals surface area contributed by atoms with Crippen LogP contribution in [0, 0.1) is 11.3 Å². The highest BCUT2D eigenvalue weighted by atomic mass is 32.1. The molecule has 47 heavy (non-hydrogen) atoms. The van der Waals surface area contributed by atoms with E-state index in [2.05, 4.69) is 143 Å². The molecule has 0 N–H and O–H groups in total. The Bertz CT molecular complexity index is 2620. The summed E-state index contributed by atoms with van der Waals surface area (Å²) in [5.74, 6) is 0.255. The van der Waals surface area contributed by atoms with Gasteiger partial charge >= 0.3 is 0 Å². The molecule has 2 atom stereocenters. The van der Waals surface area contributed by atoms with Gasteiger partial charge in [0.1, 0.15) is 6.07 Å². The number of para-hydroxylation sites is 3. The molecule has 222 valence electrons. The van der Waals surface area contributed by atoms with Gasteiger partial charge in [-0.3, -0.25) is 0 Å². The van der Waals surface area contributed by atoms with E-state index in [4.69, 9.17) is 0 Å². The molecule has 3 aliphatic rings. The van der Waals surface area contributed by atoms with E-state index in [0.29, 0.717) is 5.56 Å². The van der Waals surface area contributed by atoms with Crippen molar-refractivity contribution >= 4 is 76.0 Å². The number of benzene rings is 5. The summed E-state index contributed by atoms with van der Waals surface area (Å²) in [7, 11) is 0. The Balaban J connectivity index is 1.18. The lowest BCUT2D eigenvalue weighted by Gasteiger charge is -2.32. The fourth-order valence-corrected chi connectivity index (χ4v) is 9.35. The van der Waals surface area contributed by atoms with Crippen LogP contribution in [0.2, 0.25) is 0 Å². The SMILES string of the molecule is N#Cc1cccc(C2=CCCC(n3c4ccccc4c4cc5sc6ccccc6c5cc43)=C2)c1N1c2ccccc2C2C=CC=CC21. The van der Waals surface area contributed by atoms with E-state index < -0.39 is 0 Å². The predicted octanol–water partition coefficient (Wildman–Crippen LogP) is 11.5. The Hall–Kier alpha value is -5.63. The summed E-state index contributed by atoms with van der Waals surface area (Å²) in [5.41, 5.74) is 10.2. The van der Waals surface area contributed by atoms with Crippen molar-refractivity contribution in [2.75, 3.05) is 4.90 Å². The van der Waals surface area contributed by atoms with Gasteiger partial charge in [-0.1, -0.05) is 97.1 Å². The van der Waals surface area contributed by atoms with Gasteiger partial charge in [-0.15, -0.1) is 11.3 Å². The number of hydrogen-bond donors (Lipinski definition) is 0. The molecule has 4 heteroatoms. The summed E-state index contributed by atoms with van der Waals surface area (Å²) in [6, 6.07) is 39.9. The molecule has 3 heterocycles. The molecular formula is C43H29N3S. The van der Waals surface area contributed by atoms with Crippen molar-refractivity contribution in [1.82, 2.24) is 4.57 Å². The lowest BCUT2D eigenvalue weighted by molar-refractivity contribution is 0.743. The second-order valence-corrected chi connectivity index (χ2v) is 13.8. The number of anilines is 2. The molecule has 0 radical (unpaired) electrons. The average molecular weight is 620 g/mol. The smallest absolute Gasteiger partial charge is 0.101 e. The van der Waals surface area contributed by atoms with Crippen molar-refractivity contribution in [3.63, 3.8) is 0 Å². The van der Waals surface area contributed by atoms with Gasteiger partial charge in [0.15, 0.2) is 0 Å². The molecule has 0 saturated carbocycles. The van der Waals surface area contributed by atoms with E-state index in [1.807, 2.05) is 23.5 Å². The first-order valence-electron chi connectivity index (χ1n) is 16.3. The maximum Gasteiger partial charge on any atom is 0.101 e. The standard InChI is InChI=1S/C43H29N3S/c44-26-28-12-10-18-30(43(28)46-38-20-6-1-14-31(38)32-15-2-7-21-39(32)46)27-11-9-13-29(23-27)45-37-19-5-3-16-33(37)35-25-42-36(24-40(35)45)34-17-4-8-22-41(34)47-42/h1-8,10-12,14-25,31,38H,9,13H2. The van der Waals surface area contributed by atoms with Crippen LogP contribution >= 0.6 is 11.3 Å². The fraction of sp³-hybridized carbons (Fsp3) is 0.0930. The van der Waals surface area contributed by atoms with Crippen LogP contribution in [0.5, 0.6) is 0 Å². The molecule has 0 amide bonds. The molecule has 2 aliphatic carbocycles. The van der Waals surface area contributed by atoms with E-state index in [1.165, 1.54) is 64.5 Å². The Morgan fingerprint density at radius 2 is 1.55 bits per heavy atom. The van der Waals surface area contributed by atoms with Gasteiger partial charge in [0.05, 0.1) is 28.3 Å². The summed E-state index contributed by atoms with van der Waals surface area (Å²) in [6.07, 6.45) is 15.5. The first kappa shape index (κ1) is 26.6. The van der Waals surface area contributed by atoms with Crippen molar-refractivity contribution < 1.29 is 0 Å². The van der Waals surface area contributed by atoms with Crippen LogP contribution in [0.15, 0.2) is 140 Å². The highest BCUT2D eigenvalue weighted by Crippen LogP contribution is 2.51. The van der Waals surface area contributed by atoms with Crippen molar-refractivity contribution in [3.05, 3.63) is 156 Å². The summed E-state index contributed by atoms with van der Waals surface area (Å²) in [4.78, 5) is 2.41. The van der Waals surface area contributed by atoms with Gasteiger partial charge in [-0.25, -0.2) is 0 Å². The Kier molecular flexibility index (Phi) is 5.76. The molecule has 2 unspecified atom stereocenters. The molecule has 7 aromatic rings. The first-order valence-corrected chi connectivity index (χ1v) is 17.1. The number of allylic oxidation sites excluding steroid dienone is 6. The number of nitriles is 1. The molecule has 5 aromatic carbocycles. The van der Waals surface area contributed by atoms with Crippen LogP contribution in [0.25, 0.3) is 53.2 Å². The van der Waals surface area contributed by atoms with Crippen LogP contribution < -0.4 is 4.90 Å². The molecule has 0 bridgehead atoms. The van der Waals surface area contributed by atoms with Gasteiger partial charge in [0.2, 0.25) is 0 Å². The zero-order valence-electron chi connectivity index (χ0n) is 25.6. The van der Waals surface area contributed by atoms with Gasteiger partial charge in [0.25, 0.3) is 0 Å². The predicted molar refractivity (Wildman–Crippen MR) is 198 cm³/mol. The van der Waals surface area contributed by atoms with Crippen molar-refractivity contribution in [2.24, 2.45) is 0 Å². The second-order valence-electron chi connectivity index (χ2n) is 12.7. The van der Waals surface area contributed by atoms with Gasteiger partial charge in [0, 0.05) is 53.8 Å². The summed E-state index contributed by atoms with van der Waals surface area (Å²) in [5, 5.41) is 15.7. The number of rotatable bonds is 3. The van der Waals surface area contributed by atoms with Gasteiger partial charge in [-0.05, 0) is 66.5 Å². The first-order chi connectivity index (χ1) is 23.3. The van der Waals surface area contributed by atoms with Crippen LogP contribution in [0.4, 0.5) is 11.4 Å². The third-order valence-corrected chi connectivity index (χ3v) is 11.3. The largest absolute Gasteiger partial charge is 0.332 e. The van der Waals surface area contributed by atoms with E-state index >= 15 is 0 Å². The average Bonchev–Trinajstić information content (AvgIpc) is 3.77. The highest BCUT2D eigenvalue weighted by Gasteiger charge is 2.39. The second kappa shape index (κ2) is 10.2. The Morgan fingerprint density at radius 3 is 2.49 bits per heavy atom. The molecule has 0 saturated heterocycles. The van der Waals surface area contributed by atoms with Gasteiger partial charge < -0.3 is 9.47 Å². The van der Waals surface area contributed by atoms with Crippen molar-refractivity contribution in [2.45, 2.75) is 24.8 Å². The molecule has 1 aliphatic heterocycles. The maximum atomic E-state index is 10.5. The minimum absolute atomic E-state index is 0.124. The molecule has 2 aromatic heterocycles. The van der Waals surface area contributed by atoms with E-state index in [-0.39, 0.29) is 12.0 Å². The van der Waals surface area contributed by atoms with E-state index in [9.17, 15) is 5.26 Å². The number of thiophene rings is 1. The van der Waals surface area contributed by atoms with Crippen LogP contribution in [0.1, 0.15) is 35.4 Å². The lowest BCUT2D eigenvalue weighted by atomic mass is 9.90. The summed E-state index contributed by atoms with van der Waals surface area (Å²) in [6.45, 7) is 0. The van der Waals surface area contributed by atoms with Gasteiger partial charge in [-0.2, -0.15) is 5.26 Å². The molecule has 3 nitrogen and oxygen atoms in total. The number of nitrogens with zero attached hydrogens (tertiary/aromatic N) is 3. The minimum Gasteiger partial charge on any atom is -0.332 e. The number of aromatic nitrogens is 1. The monoisotopic (exact) mass is 619 g/mol. The van der Waals surface area contributed by atoms with Crippen LogP contribution in [0.3, 0.4) is 0 Å². The number of hydrogen-bond acceptors (Lipinski definition) is 3. The van der Waals surface area contributed by atoms with Crippen molar-refractivity contribution in [3.8, 4) is 6.07 Å². The third-order valence-electron chi connectivity index (χ3n) is 10.2. The quantitative estimate of drug-likeness (QED) is 0.197. The topological polar surface area (TPSA) is 32.0 Å². The molecule has 10 rings (SSSR count). The fourth-order valence-electron chi connectivity index (χ4n) is 8.22. The van der Waals surface area contributed by atoms with E-state index in [0.717, 1.165) is 24.1 Å². The zero-order chi connectivity index (χ0) is 31.1. The molecular weight excluding hydrogens is 591 g/mol. The van der Waals surface area contributed by atoms with E-state index in [1.54, 1.807) is 0 Å². The lowest BCUT2D eigenvalue weighted by Crippen LogP contribution is -2.30. The summed E-state index contributed by atoms with van der Waals surface area (Å²) >= 11 is 1.87. The molecule has 0 spiro atoms. The van der Waals surface area contributed by atoms with Crippen LogP contribution in [-0.2, 0) is 0 Å². The van der Waals surface area contributed by atoms with Crippen LogP contribution in [-0.4, -0.2) is 10.6 Å². The highest BCUT2D eigenvalue weighted by molar-refractivity contribution is 7.25. The maximum absolute atomic E-state index is 10.5. The Labute approximate surface area is 276 Å². The zero-order valence-corrected chi connectivity index (χ0v) is 26.4. The summed E-state index contributed by atoms with van der Waals surface area (Å²) < 4.78 is 5.15. The third kappa shape index (κ3) is 3.84.